The van der Waals surface area contributed by atoms with E-state index in [0.29, 0.717) is 22.1 Å². The van der Waals surface area contributed by atoms with Gasteiger partial charge in [0.1, 0.15) is 23.1 Å². The molecule has 6 N–H and O–H groups in total. The fourth-order valence-corrected chi connectivity index (χ4v) is 3.94. The Morgan fingerprint density at radius 1 is 1.00 bits per heavy atom. The summed E-state index contributed by atoms with van der Waals surface area (Å²) in [4.78, 5) is 35.2. The van der Waals surface area contributed by atoms with Gasteiger partial charge in [-0.05, 0) is 54.2 Å². The van der Waals surface area contributed by atoms with Crippen LogP contribution in [0.25, 0.3) is 33.4 Å². The molecule has 2 aliphatic rings. The van der Waals surface area contributed by atoms with Gasteiger partial charge < -0.3 is 35.5 Å². The maximum absolute atomic E-state index is 12.2. The first kappa shape index (κ1) is 23.7. The number of carboxylic acids is 2. The molecule has 35 heavy (non-hydrogen) atoms. The summed E-state index contributed by atoms with van der Waals surface area (Å²) in [5, 5.41) is 43.6. The zero-order chi connectivity index (χ0) is 25.3. The number of hydrogen-bond donors (Lipinski definition) is 6. The Balaban J connectivity index is 1.85. The molecule has 1 atom stereocenters. The first-order valence-corrected chi connectivity index (χ1v) is 10.6. The Kier molecular flexibility index (Phi) is 6.36. The molecule has 2 aromatic rings. The largest absolute Gasteiger partial charge is 0.508 e. The molecular formula is C24H18N2O8S. The van der Waals surface area contributed by atoms with E-state index in [1.54, 1.807) is 24.3 Å². The van der Waals surface area contributed by atoms with Crippen LogP contribution in [0.5, 0.6) is 5.75 Å². The molecule has 11 heteroatoms. The highest BCUT2D eigenvalue weighted by molar-refractivity contribution is 7.80. The highest BCUT2D eigenvalue weighted by Crippen LogP contribution is 2.42. The lowest BCUT2D eigenvalue weighted by Crippen LogP contribution is -2.45. The number of aliphatic hydroxyl groups is 1. The fourth-order valence-electron chi connectivity index (χ4n) is 3.68. The van der Waals surface area contributed by atoms with Crippen molar-refractivity contribution in [3.8, 4) is 28.2 Å². The molecule has 4 rings (SSSR count). The minimum absolute atomic E-state index is 0.0635. The van der Waals surface area contributed by atoms with Crippen LogP contribution in [0.15, 0.2) is 63.8 Å². The molecule has 1 aliphatic heterocycles. The van der Waals surface area contributed by atoms with Gasteiger partial charge in [0.2, 0.25) is 0 Å². The molecule has 0 fully saturated rings. The summed E-state index contributed by atoms with van der Waals surface area (Å²) in [6.07, 6.45) is 0. The van der Waals surface area contributed by atoms with Gasteiger partial charge in [0, 0.05) is 34.3 Å². The quantitative estimate of drug-likeness (QED) is 0.172. The summed E-state index contributed by atoms with van der Waals surface area (Å²) in [6.45, 7) is -0.698. The van der Waals surface area contributed by atoms with Crippen LogP contribution in [0.4, 0.5) is 5.69 Å². The lowest BCUT2D eigenvalue weighted by atomic mass is 9.90. The van der Waals surface area contributed by atoms with E-state index in [0.717, 1.165) is 0 Å². The third-order valence-corrected chi connectivity index (χ3v) is 5.46. The molecule has 0 radical (unpaired) electrons. The van der Waals surface area contributed by atoms with Crippen molar-refractivity contribution in [2.75, 3.05) is 11.9 Å². The molecule has 178 valence electrons. The van der Waals surface area contributed by atoms with E-state index in [-0.39, 0.29) is 38.9 Å². The van der Waals surface area contributed by atoms with E-state index in [1.165, 1.54) is 30.3 Å². The van der Waals surface area contributed by atoms with Crippen LogP contribution >= 0.6 is 12.2 Å². The number of aliphatic carboxylic acids is 1. The molecule has 10 nitrogen and oxygen atoms in total. The van der Waals surface area contributed by atoms with Crippen molar-refractivity contribution in [3.05, 3.63) is 70.4 Å². The first-order chi connectivity index (χ1) is 16.7. The maximum atomic E-state index is 12.2. The molecule has 1 unspecified atom stereocenters. The van der Waals surface area contributed by atoms with Crippen molar-refractivity contribution in [2.45, 2.75) is 6.04 Å². The molecule has 0 saturated heterocycles. The van der Waals surface area contributed by atoms with Crippen LogP contribution in [0.3, 0.4) is 0 Å². The van der Waals surface area contributed by atoms with Gasteiger partial charge in [-0.15, -0.1) is 0 Å². The van der Waals surface area contributed by atoms with Gasteiger partial charge >= 0.3 is 11.9 Å². The van der Waals surface area contributed by atoms with Gasteiger partial charge in [0.25, 0.3) is 0 Å². The van der Waals surface area contributed by atoms with Crippen molar-refractivity contribution < 1.29 is 34.4 Å². The number of aliphatic hydroxyl groups excluding tert-OH is 1. The average molecular weight is 494 g/mol. The minimum atomic E-state index is -1.33. The number of carbonyl (C=O) groups is 2. The van der Waals surface area contributed by atoms with Gasteiger partial charge in [-0.1, -0.05) is 6.07 Å². The number of anilines is 1. The number of aromatic hydroxyl groups is 1. The van der Waals surface area contributed by atoms with Gasteiger partial charge in [-0.2, -0.15) is 0 Å². The van der Waals surface area contributed by atoms with Crippen molar-refractivity contribution >= 4 is 45.9 Å². The molecule has 1 heterocycles. The third kappa shape index (κ3) is 4.76. The number of aromatic carboxylic acids is 1. The van der Waals surface area contributed by atoms with Crippen LogP contribution in [-0.2, 0) is 4.79 Å². The van der Waals surface area contributed by atoms with E-state index in [4.69, 9.17) is 26.8 Å². The molecular weight excluding hydrogens is 476 g/mol. The van der Waals surface area contributed by atoms with E-state index >= 15 is 0 Å². The molecule has 0 amide bonds. The van der Waals surface area contributed by atoms with Crippen molar-refractivity contribution in [1.82, 2.24) is 5.32 Å². The Morgan fingerprint density at radius 3 is 2.43 bits per heavy atom. The van der Waals surface area contributed by atoms with E-state index in [2.05, 4.69) is 10.6 Å². The van der Waals surface area contributed by atoms with Crippen molar-refractivity contribution in [3.63, 3.8) is 0 Å². The Hall–Kier alpha value is -4.48. The molecule has 0 bridgehead atoms. The van der Waals surface area contributed by atoms with Crippen molar-refractivity contribution in [2.24, 2.45) is 0 Å². The Labute approximate surface area is 202 Å². The number of fused-ring (bicyclic) bond motifs is 2. The van der Waals surface area contributed by atoms with E-state index in [1.807, 2.05) is 0 Å². The number of rotatable bonds is 6. The molecule has 0 aromatic heterocycles. The van der Waals surface area contributed by atoms with Crippen LogP contribution in [-0.4, -0.2) is 50.1 Å². The third-order valence-electron chi connectivity index (χ3n) is 5.24. The second-order valence-corrected chi connectivity index (χ2v) is 7.96. The molecule has 0 spiro atoms. The smallest absolute Gasteiger partial charge is 0.336 e. The van der Waals surface area contributed by atoms with Gasteiger partial charge in [-0.25, -0.2) is 9.59 Å². The number of phenolic OH excluding ortho intramolecular Hbond substituents is 1. The number of phenols is 1. The van der Waals surface area contributed by atoms with E-state index in [9.17, 15) is 24.6 Å². The number of thiocarbonyl (C=S) groups is 1. The summed E-state index contributed by atoms with van der Waals surface area (Å²) < 4.78 is 5.80. The predicted octanol–water partition coefficient (Wildman–Crippen LogP) is 2.70. The summed E-state index contributed by atoms with van der Waals surface area (Å²) >= 11 is 5.07. The first-order valence-electron chi connectivity index (χ1n) is 10.2. The Morgan fingerprint density at radius 2 is 1.74 bits per heavy atom. The lowest BCUT2D eigenvalue weighted by Gasteiger charge is -2.18. The zero-order valence-electron chi connectivity index (χ0n) is 17.8. The zero-order valence-corrected chi connectivity index (χ0v) is 18.6. The number of benzene rings is 3. The fraction of sp³-hybridized carbons (Fsp3) is 0.0833. The SMILES string of the molecule is O=C(O)c1cc(NC(=S)NC(CO)C(=O)O)ccc1-c1c2ccc(=O)cc-2oc2cc(O)ccc12. The normalized spacial score (nSPS) is 11.8. The average Bonchev–Trinajstić information content (AvgIpc) is 2.80. The minimum Gasteiger partial charge on any atom is -0.508 e. The summed E-state index contributed by atoms with van der Waals surface area (Å²) in [6, 6.07) is 11.6. The summed E-state index contributed by atoms with van der Waals surface area (Å²) in [7, 11) is 0. The van der Waals surface area contributed by atoms with Gasteiger partial charge in [0.05, 0.1) is 12.2 Å². The molecule has 2 aromatic carbocycles. The summed E-state index contributed by atoms with van der Waals surface area (Å²) in [5.41, 5.74) is 1.41. The van der Waals surface area contributed by atoms with Gasteiger partial charge in [0.15, 0.2) is 10.5 Å². The molecule has 1 aliphatic carbocycles. The number of carboxylic acid groups (broad SMARTS) is 2. The highest BCUT2D eigenvalue weighted by Gasteiger charge is 2.23. The molecule has 0 saturated carbocycles. The summed E-state index contributed by atoms with van der Waals surface area (Å²) in [5.74, 6) is -2.40. The second kappa shape index (κ2) is 9.41. The lowest BCUT2D eigenvalue weighted by molar-refractivity contribution is -0.139. The van der Waals surface area contributed by atoms with Crippen LogP contribution < -0.4 is 16.1 Å². The Bertz CT molecular complexity index is 1510. The van der Waals surface area contributed by atoms with E-state index < -0.39 is 24.6 Å². The van der Waals surface area contributed by atoms with Crippen LogP contribution in [0.2, 0.25) is 0 Å². The number of hydrogen-bond acceptors (Lipinski definition) is 7. The van der Waals surface area contributed by atoms with Crippen LogP contribution in [0, 0.1) is 0 Å². The van der Waals surface area contributed by atoms with Crippen LogP contribution in [0.1, 0.15) is 10.4 Å². The standard InChI is InChI=1S/C24H18N2O8S/c27-10-18(23(32)33)26-24(35)25-11-1-4-14(17(7-11)22(30)31)21-15-5-2-12(28)8-19(15)34-20-9-13(29)3-6-16(20)21/h1-9,18,27-28H,10H2,(H,30,31)(H,32,33)(H2,25,26,35). The number of nitrogens with one attached hydrogen (secondary N) is 2. The maximum Gasteiger partial charge on any atom is 0.336 e. The topological polar surface area (TPSA) is 169 Å². The second-order valence-electron chi connectivity index (χ2n) is 7.55. The predicted molar refractivity (Wildman–Crippen MR) is 131 cm³/mol. The van der Waals surface area contributed by atoms with Gasteiger partial charge in [-0.3, -0.25) is 4.79 Å². The highest BCUT2D eigenvalue weighted by atomic mass is 32.1. The monoisotopic (exact) mass is 494 g/mol. The van der Waals surface area contributed by atoms with Crippen molar-refractivity contribution in [1.29, 1.82) is 0 Å².